The van der Waals surface area contributed by atoms with Crippen LogP contribution in [0.5, 0.6) is 0 Å². The van der Waals surface area contributed by atoms with Gasteiger partial charge in [0, 0.05) is 0 Å². The molecule has 0 atom stereocenters. The van der Waals surface area contributed by atoms with Crippen LogP contribution < -0.4 is 0 Å². The molecule has 2 aromatic rings. The molecular formula is C22H30. The third kappa shape index (κ3) is 3.43. The minimum atomic E-state index is 0.567. The lowest BCUT2D eigenvalue weighted by Gasteiger charge is -2.18. The molecule has 2 aromatic carbocycles. The maximum atomic E-state index is 2.40. The van der Waals surface area contributed by atoms with E-state index in [0.29, 0.717) is 11.8 Å². The van der Waals surface area contributed by atoms with Crippen LogP contribution >= 0.6 is 0 Å². The van der Waals surface area contributed by atoms with E-state index >= 15 is 0 Å². The van der Waals surface area contributed by atoms with Crippen molar-refractivity contribution in [3.05, 3.63) is 58.1 Å². The minimum absolute atomic E-state index is 0.567. The monoisotopic (exact) mass is 294 g/mol. The average Bonchev–Trinajstić information content (AvgIpc) is 2.46. The third-order valence-corrected chi connectivity index (χ3v) is 4.66. The van der Waals surface area contributed by atoms with Gasteiger partial charge in [0.1, 0.15) is 0 Å². The molecule has 0 aromatic heterocycles. The highest BCUT2D eigenvalue weighted by molar-refractivity contribution is 5.71. The van der Waals surface area contributed by atoms with Gasteiger partial charge in [-0.1, -0.05) is 70.5 Å². The molecule has 0 heteroatoms. The Morgan fingerprint density at radius 2 is 1.36 bits per heavy atom. The SMILES string of the molecule is CCc1cc(C(C)C)cc(-c2cc(C)cc(C(C)C)c2)c1C. The van der Waals surface area contributed by atoms with Crippen LogP contribution in [0, 0.1) is 13.8 Å². The van der Waals surface area contributed by atoms with Crippen molar-refractivity contribution >= 4 is 0 Å². The Hall–Kier alpha value is -1.56. The van der Waals surface area contributed by atoms with Gasteiger partial charge in [0.15, 0.2) is 0 Å². The van der Waals surface area contributed by atoms with Gasteiger partial charge in [-0.25, -0.2) is 0 Å². The number of aryl methyl sites for hydroxylation is 2. The Balaban J connectivity index is 2.68. The number of hydrogen-bond donors (Lipinski definition) is 0. The fourth-order valence-electron chi connectivity index (χ4n) is 3.10. The van der Waals surface area contributed by atoms with E-state index in [0.717, 1.165) is 6.42 Å². The van der Waals surface area contributed by atoms with Crippen molar-refractivity contribution in [3.63, 3.8) is 0 Å². The highest BCUT2D eigenvalue weighted by Crippen LogP contribution is 2.33. The molecule has 0 aliphatic heterocycles. The quantitative estimate of drug-likeness (QED) is 0.583. The van der Waals surface area contributed by atoms with E-state index in [1.54, 1.807) is 0 Å². The second-order valence-corrected chi connectivity index (χ2v) is 7.15. The van der Waals surface area contributed by atoms with Crippen LogP contribution in [0.4, 0.5) is 0 Å². The molecule has 2 rings (SSSR count). The molecule has 0 unspecified atom stereocenters. The predicted octanol–water partition coefficient (Wildman–Crippen LogP) is 6.78. The minimum Gasteiger partial charge on any atom is -0.0613 e. The molecule has 0 amide bonds. The molecule has 0 spiro atoms. The van der Waals surface area contributed by atoms with Crippen molar-refractivity contribution in [3.8, 4) is 11.1 Å². The standard InChI is InChI=1S/C22H30/c1-8-18-11-20(15(4)5)13-22(17(18)7)21-10-16(6)9-19(12-21)14(2)3/h9-15H,8H2,1-7H3. The van der Waals surface area contributed by atoms with Gasteiger partial charge in [0.2, 0.25) is 0 Å². The molecular weight excluding hydrogens is 264 g/mol. The van der Waals surface area contributed by atoms with E-state index in [9.17, 15) is 0 Å². The molecule has 0 nitrogen and oxygen atoms in total. The van der Waals surface area contributed by atoms with E-state index in [-0.39, 0.29) is 0 Å². The normalized spacial score (nSPS) is 11.5. The van der Waals surface area contributed by atoms with Gasteiger partial charge < -0.3 is 0 Å². The fourth-order valence-corrected chi connectivity index (χ4v) is 3.10. The molecule has 0 saturated heterocycles. The summed E-state index contributed by atoms with van der Waals surface area (Å²) in [6, 6.07) is 11.8. The Kier molecular flexibility index (Phi) is 5.11. The van der Waals surface area contributed by atoms with Crippen molar-refractivity contribution in [2.24, 2.45) is 0 Å². The van der Waals surface area contributed by atoms with E-state index in [4.69, 9.17) is 0 Å². The van der Waals surface area contributed by atoms with Crippen LogP contribution in [-0.4, -0.2) is 0 Å². The van der Waals surface area contributed by atoms with E-state index < -0.39 is 0 Å². The van der Waals surface area contributed by atoms with E-state index in [1.165, 1.54) is 38.9 Å². The fraction of sp³-hybridized carbons (Fsp3) is 0.455. The average molecular weight is 294 g/mol. The third-order valence-electron chi connectivity index (χ3n) is 4.66. The van der Waals surface area contributed by atoms with Gasteiger partial charge in [0.25, 0.3) is 0 Å². The molecule has 0 fully saturated rings. The molecule has 0 radical (unpaired) electrons. The zero-order chi connectivity index (χ0) is 16.4. The van der Waals surface area contributed by atoms with Crippen LogP contribution in [-0.2, 0) is 6.42 Å². The number of benzene rings is 2. The lowest BCUT2D eigenvalue weighted by molar-refractivity contribution is 0.860. The first-order valence-corrected chi connectivity index (χ1v) is 8.58. The van der Waals surface area contributed by atoms with Crippen LogP contribution in [0.1, 0.15) is 74.3 Å². The Labute approximate surface area is 136 Å². The topological polar surface area (TPSA) is 0 Å². The molecule has 0 aliphatic rings. The van der Waals surface area contributed by atoms with E-state index in [1.807, 2.05) is 0 Å². The van der Waals surface area contributed by atoms with Crippen LogP contribution in [0.3, 0.4) is 0 Å². The Bertz CT molecular complexity index is 660. The molecule has 22 heavy (non-hydrogen) atoms. The number of rotatable bonds is 4. The summed E-state index contributed by atoms with van der Waals surface area (Å²) in [4.78, 5) is 0. The summed E-state index contributed by atoms with van der Waals surface area (Å²) < 4.78 is 0. The Morgan fingerprint density at radius 1 is 0.773 bits per heavy atom. The molecule has 118 valence electrons. The van der Waals surface area contributed by atoms with Gasteiger partial charge in [0.05, 0.1) is 0 Å². The van der Waals surface area contributed by atoms with Crippen molar-refractivity contribution in [2.45, 2.75) is 66.7 Å². The molecule has 0 bridgehead atoms. The lowest BCUT2D eigenvalue weighted by Crippen LogP contribution is -1.98. The van der Waals surface area contributed by atoms with Crippen molar-refractivity contribution in [1.29, 1.82) is 0 Å². The summed E-state index contributed by atoms with van der Waals surface area (Å²) in [6.07, 6.45) is 1.10. The highest BCUT2D eigenvalue weighted by atomic mass is 14.2. The van der Waals surface area contributed by atoms with Gasteiger partial charge in [-0.2, -0.15) is 0 Å². The zero-order valence-electron chi connectivity index (χ0n) is 15.2. The lowest BCUT2D eigenvalue weighted by atomic mass is 9.87. The van der Waals surface area contributed by atoms with Gasteiger partial charge in [-0.3, -0.25) is 0 Å². The Morgan fingerprint density at radius 3 is 1.91 bits per heavy atom. The van der Waals surface area contributed by atoms with Crippen molar-refractivity contribution < 1.29 is 0 Å². The molecule has 0 aliphatic carbocycles. The van der Waals surface area contributed by atoms with Crippen LogP contribution in [0.15, 0.2) is 30.3 Å². The second-order valence-electron chi connectivity index (χ2n) is 7.15. The maximum Gasteiger partial charge on any atom is -0.0149 e. The van der Waals surface area contributed by atoms with Crippen molar-refractivity contribution in [1.82, 2.24) is 0 Å². The highest BCUT2D eigenvalue weighted by Gasteiger charge is 2.12. The second kappa shape index (κ2) is 6.69. The molecule has 0 heterocycles. The summed E-state index contributed by atoms with van der Waals surface area (Å²) >= 11 is 0. The number of hydrogen-bond acceptors (Lipinski definition) is 0. The van der Waals surface area contributed by atoms with Gasteiger partial charge in [-0.15, -0.1) is 0 Å². The summed E-state index contributed by atoms with van der Waals surface area (Å²) in [5.74, 6) is 1.14. The van der Waals surface area contributed by atoms with E-state index in [2.05, 4.69) is 78.8 Å². The summed E-state index contributed by atoms with van der Waals surface area (Å²) in [5.41, 5.74) is 9.94. The first kappa shape index (κ1) is 16.8. The molecule has 0 saturated carbocycles. The van der Waals surface area contributed by atoms with Crippen LogP contribution in [0.2, 0.25) is 0 Å². The first-order chi connectivity index (χ1) is 10.3. The summed E-state index contributed by atoms with van der Waals surface area (Å²) in [6.45, 7) is 15.8. The smallest absolute Gasteiger partial charge is 0.0149 e. The summed E-state index contributed by atoms with van der Waals surface area (Å²) in [5, 5.41) is 0. The van der Waals surface area contributed by atoms with Crippen LogP contribution in [0.25, 0.3) is 11.1 Å². The zero-order valence-corrected chi connectivity index (χ0v) is 15.2. The molecule has 0 N–H and O–H groups in total. The van der Waals surface area contributed by atoms with Gasteiger partial charge >= 0.3 is 0 Å². The summed E-state index contributed by atoms with van der Waals surface area (Å²) in [7, 11) is 0. The van der Waals surface area contributed by atoms with Crippen molar-refractivity contribution in [2.75, 3.05) is 0 Å². The van der Waals surface area contributed by atoms with Gasteiger partial charge in [-0.05, 0) is 65.5 Å². The predicted molar refractivity (Wildman–Crippen MR) is 98.9 cm³/mol. The largest absolute Gasteiger partial charge is 0.0613 e. The first-order valence-electron chi connectivity index (χ1n) is 8.58. The maximum absolute atomic E-state index is 2.40.